The quantitative estimate of drug-likeness (QED) is 0.894. The summed E-state index contributed by atoms with van der Waals surface area (Å²) in [6, 6.07) is 9.36. The Bertz CT molecular complexity index is 508. The van der Waals surface area contributed by atoms with Crippen LogP contribution in [0.2, 0.25) is 0 Å². The Morgan fingerprint density at radius 2 is 2.14 bits per heavy atom. The number of fused-ring (bicyclic) bond motifs is 2. The van der Waals surface area contributed by atoms with Gasteiger partial charge in [0.25, 0.3) is 0 Å². The van der Waals surface area contributed by atoms with E-state index in [1.807, 2.05) is 12.1 Å². The summed E-state index contributed by atoms with van der Waals surface area (Å²) in [5, 5.41) is 6.67. The van der Waals surface area contributed by atoms with E-state index in [0.29, 0.717) is 18.6 Å². The Hall–Kier alpha value is -1.10. The average Bonchev–Trinajstić information content (AvgIpc) is 2.82. The fourth-order valence-electron chi connectivity index (χ4n) is 3.43. The first-order valence-electron chi connectivity index (χ1n) is 8.10. The van der Waals surface area contributed by atoms with Crippen molar-refractivity contribution in [2.45, 2.75) is 44.7 Å². The molecule has 22 heavy (non-hydrogen) atoms. The van der Waals surface area contributed by atoms with E-state index in [-0.39, 0.29) is 18.3 Å². The number of rotatable bonds is 4. The summed E-state index contributed by atoms with van der Waals surface area (Å²) in [5.74, 6) is 0.0982. The maximum Gasteiger partial charge on any atom is 0.238 e. The third-order valence-corrected chi connectivity index (χ3v) is 4.59. The number of anilines is 1. The predicted molar refractivity (Wildman–Crippen MR) is 92.7 cm³/mol. The molecule has 2 unspecified atom stereocenters. The van der Waals surface area contributed by atoms with Crippen LogP contribution in [0.15, 0.2) is 24.3 Å². The second kappa shape index (κ2) is 7.95. The zero-order valence-electron chi connectivity index (χ0n) is 13.2. The van der Waals surface area contributed by atoms with Gasteiger partial charge in [0.15, 0.2) is 0 Å². The standard InChI is InChI=1S/C17H25N3O.ClH/c1-2-13-4-3-5-15(10-13)19-17(21)12-20-9-8-14-6-7-16(11-20)18-14;/h3-5,10,14,16,18H,2,6-9,11-12H2,1H3,(H,19,21);1H. The van der Waals surface area contributed by atoms with Crippen LogP contribution in [0.4, 0.5) is 5.69 Å². The van der Waals surface area contributed by atoms with Gasteiger partial charge in [0, 0.05) is 30.9 Å². The molecule has 122 valence electrons. The minimum atomic E-state index is 0. The van der Waals surface area contributed by atoms with E-state index in [0.717, 1.165) is 31.6 Å². The van der Waals surface area contributed by atoms with Crippen molar-refractivity contribution in [1.82, 2.24) is 10.2 Å². The van der Waals surface area contributed by atoms with Crippen molar-refractivity contribution in [1.29, 1.82) is 0 Å². The summed E-state index contributed by atoms with van der Waals surface area (Å²) in [5.41, 5.74) is 2.16. The number of hydrogen-bond donors (Lipinski definition) is 2. The van der Waals surface area contributed by atoms with E-state index < -0.39 is 0 Å². The Morgan fingerprint density at radius 1 is 1.32 bits per heavy atom. The van der Waals surface area contributed by atoms with Crippen LogP contribution in [0.3, 0.4) is 0 Å². The number of likely N-dealkylation sites (tertiary alicyclic amines) is 1. The fourth-order valence-corrected chi connectivity index (χ4v) is 3.43. The number of carbonyl (C=O) groups excluding carboxylic acids is 1. The smallest absolute Gasteiger partial charge is 0.238 e. The van der Waals surface area contributed by atoms with Crippen molar-refractivity contribution in [2.24, 2.45) is 0 Å². The molecule has 1 aromatic carbocycles. The van der Waals surface area contributed by atoms with Crippen molar-refractivity contribution in [3.05, 3.63) is 29.8 Å². The van der Waals surface area contributed by atoms with E-state index in [1.54, 1.807) is 0 Å². The first-order chi connectivity index (χ1) is 10.2. The zero-order chi connectivity index (χ0) is 14.7. The van der Waals surface area contributed by atoms with Gasteiger partial charge in [-0.25, -0.2) is 0 Å². The van der Waals surface area contributed by atoms with Crippen molar-refractivity contribution >= 4 is 24.0 Å². The Kier molecular flexibility index (Phi) is 6.24. The van der Waals surface area contributed by atoms with Crippen LogP contribution in [0.5, 0.6) is 0 Å². The molecule has 0 saturated carbocycles. The molecule has 1 amide bonds. The molecule has 0 spiro atoms. The van der Waals surface area contributed by atoms with Gasteiger partial charge in [0.05, 0.1) is 6.54 Å². The van der Waals surface area contributed by atoms with E-state index in [9.17, 15) is 4.79 Å². The lowest BCUT2D eigenvalue weighted by atomic mass is 10.1. The highest BCUT2D eigenvalue weighted by molar-refractivity contribution is 5.92. The lowest BCUT2D eigenvalue weighted by Gasteiger charge is -2.23. The first kappa shape index (κ1) is 17.3. The van der Waals surface area contributed by atoms with Crippen molar-refractivity contribution in [3.63, 3.8) is 0 Å². The molecule has 2 N–H and O–H groups in total. The van der Waals surface area contributed by atoms with Crippen molar-refractivity contribution < 1.29 is 4.79 Å². The molecule has 1 aromatic rings. The number of hydrogen-bond acceptors (Lipinski definition) is 3. The van der Waals surface area contributed by atoms with Gasteiger partial charge in [-0.1, -0.05) is 19.1 Å². The number of benzene rings is 1. The van der Waals surface area contributed by atoms with Gasteiger partial charge in [0.2, 0.25) is 5.91 Å². The van der Waals surface area contributed by atoms with Gasteiger partial charge >= 0.3 is 0 Å². The molecule has 2 bridgehead atoms. The highest BCUT2D eigenvalue weighted by atomic mass is 35.5. The van der Waals surface area contributed by atoms with Crippen LogP contribution >= 0.6 is 12.4 Å². The fraction of sp³-hybridized carbons (Fsp3) is 0.588. The second-order valence-electron chi connectivity index (χ2n) is 6.26. The Morgan fingerprint density at radius 3 is 2.95 bits per heavy atom. The monoisotopic (exact) mass is 323 g/mol. The highest BCUT2D eigenvalue weighted by Gasteiger charge is 2.29. The predicted octanol–water partition coefficient (Wildman–Crippen LogP) is 2.44. The highest BCUT2D eigenvalue weighted by Crippen LogP contribution is 2.20. The number of carbonyl (C=O) groups is 1. The summed E-state index contributed by atoms with van der Waals surface area (Å²) in [7, 11) is 0. The average molecular weight is 324 g/mol. The molecule has 2 aliphatic heterocycles. The molecule has 0 aliphatic carbocycles. The summed E-state index contributed by atoms with van der Waals surface area (Å²) in [4.78, 5) is 14.5. The topological polar surface area (TPSA) is 44.4 Å². The van der Waals surface area contributed by atoms with E-state index in [1.165, 1.54) is 18.4 Å². The van der Waals surface area contributed by atoms with Gasteiger partial charge in [-0.3, -0.25) is 9.69 Å². The largest absolute Gasteiger partial charge is 0.325 e. The molecular formula is C17H26ClN3O. The summed E-state index contributed by atoms with van der Waals surface area (Å²) in [6.07, 6.45) is 4.70. The molecule has 2 aliphatic rings. The summed E-state index contributed by atoms with van der Waals surface area (Å²) < 4.78 is 0. The van der Waals surface area contributed by atoms with Gasteiger partial charge in [-0.15, -0.1) is 12.4 Å². The van der Waals surface area contributed by atoms with Crippen LogP contribution in [0.25, 0.3) is 0 Å². The van der Waals surface area contributed by atoms with Crippen LogP contribution in [-0.4, -0.2) is 42.5 Å². The third-order valence-electron chi connectivity index (χ3n) is 4.59. The molecule has 0 radical (unpaired) electrons. The normalized spacial score (nSPS) is 24.4. The zero-order valence-corrected chi connectivity index (χ0v) is 14.0. The molecule has 4 nitrogen and oxygen atoms in total. The third kappa shape index (κ3) is 4.45. The van der Waals surface area contributed by atoms with E-state index >= 15 is 0 Å². The Balaban J connectivity index is 0.00000176. The van der Waals surface area contributed by atoms with Crippen LogP contribution in [0, 0.1) is 0 Å². The van der Waals surface area contributed by atoms with Crippen LogP contribution in [0.1, 0.15) is 31.7 Å². The maximum absolute atomic E-state index is 12.2. The molecule has 5 heteroatoms. The summed E-state index contributed by atoms with van der Waals surface area (Å²) >= 11 is 0. The Labute approximate surface area is 139 Å². The van der Waals surface area contributed by atoms with E-state index in [2.05, 4.69) is 34.6 Å². The van der Waals surface area contributed by atoms with Gasteiger partial charge in [-0.05, 0) is 43.4 Å². The lowest BCUT2D eigenvalue weighted by molar-refractivity contribution is -0.117. The minimum absolute atomic E-state index is 0. The van der Waals surface area contributed by atoms with Gasteiger partial charge in [0.1, 0.15) is 0 Å². The molecule has 2 atom stereocenters. The van der Waals surface area contributed by atoms with Crippen LogP contribution in [-0.2, 0) is 11.2 Å². The van der Waals surface area contributed by atoms with Crippen molar-refractivity contribution in [2.75, 3.05) is 25.0 Å². The lowest BCUT2D eigenvalue weighted by Crippen LogP contribution is -2.39. The number of amides is 1. The van der Waals surface area contributed by atoms with Gasteiger partial charge in [-0.2, -0.15) is 0 Å². The molecule has 2 heterocycles. The number of nitrogens with one attached hydrogen (secondary N) is 2. The van der Waals surface area contributed by atoms with E-state index in [4.69, 9.17) is 0 Å². The number of halogens is 1. The van der Waals surface area contributed by atoms with Gasteiger partial charge < -0.3 is 10.6 Å². The second-order valence-corrected chi connectivity index (χ2v) is 6.26. The molecular weight excluding hydrogens is 298 g/mol. The number of aryl methyl sites for hydroxylation is 1. The molecule has 2 fully saturated rings. The number of nitrogens with zero attached hydrogens (tertiary/aromatic N) is 1. The SMILES string of the molecule is CCc1cccc(NC(=O)CN2CCC3CCC(C2)N3)c1.Cl. The maximum atomic E-state index is 12.2. The minimum Gasteiger partial charge on any atom is -0.325 e. The first-order valence-corrected chi connectivity index (χ1v) is 8.10. The summed E-state index contributed by atoms with van der Waals surface area (Å²) in [6.45, 7) is 4.65. The molecule has 3 rings (SSSR count). The molecule has 2 saturated heterocycles. The van der Waals surface area contributed by atoms with Crippen molar-refractivity contribution in [3.8, 4) is 0 Å². The molecule has 0 aromatic heterocycles. The van der Waals surface area contributed by atoms with Crippen LogP contribution < -0.4 is 10.6 Å².